The van der Waals surface area contributed by atoms with E-state index in [-0.39, 0.29) is 0 Å². The molecule has 3 heteroatoms. The second kappa shape index (κ2) is 3.64. The quantitative estimate of drug-likeness (QED) is 0.686. The van der Waals surface area contributed by atoms with Gasteiger partial charge in [0.15, 0.2) is 0 Å². The maximum absolute atomic E-state index is 5.89. The molecule has 2 heterocycles. The largest absolute Gasteiger partial charge is 0.299 e. The summed E-state index contributed by atoms with van der Waals surface area (Å²) in [7, 11) is 2.15. The van der Waals surface area contributed by atoms with Gasteiger partial charge in [-0.25, -0.2) is 0 Å². The topological polar surface area (TPSA) is 16.1 Å². The van der Waals surface area contributed by atoms with Gasteiger partial charge >= 0.3 is 0 Å². The fourth-order valence-electron chi connectivity index (χ4n) is 1.94. The number of aromatic nitrogens is 1. The van der Waals surface area contributed by atoms with Crippen molar-refractivity contribution >= 4 is 11.6 Å². The summed E-state index contributed by atoms with van der Waals surface area (Å²) < 4.78 is 0. The molecule has 1 atom stereocenters. The molecule has 1 fully saturated rings. The average molecular weight is 197 g/mol. The number of hydrogen-bond donors (Lipinski definition) is 0. The lowest BCUT2D eigenvalue weighted by Crippen LogP contribution is -2.17. The monoisotopic (exact) mass is 196 g/mol. The highest BCUT2D eigenvalue weighted by Crippen LogP contribution is 2.30. The van der Waals surface area contributed by atoms with Crippen LogP contribution in [0.25, 0.3) is 0 Å². The van der Waals surface area contributed by atoms with E-state index in [1.165, 1.54) is 24.9 Å². The Morgan fingerprint density at radius 1 is 1.54 bits per heavy atom. The van der Waals surface area contributed by atoms with Crippen LogP contribution in [-0.2, 0) is 0 Å². The average Bonchev–Trinajstić information content (AvgIpc) is 2.51. The van der Waals surface area contributed by atoms with Gasteiger partial charge in [0.1, 0.15) is 0 Å². The number of halogens is 1. The Hall–Kier alpha value is -0.600. The Kier molecular flexibility index (Phi) is 2.51. The second-order valence-corrected chi connectivity index (χ2v) is 4.01. The fourth-order valence-corrected chi connectivity index (χ4v) is 2.12. The Morgan fingerprint density at radius 2 is 2.38 bits per heavy atom. The standard InChI is InChI=1S/C10H13ClN2/c1-13-4-2-3-10(13)8-5-9(11)7-12-6-8/h5-7,10H,2-4H2,1H3/t10-/m0/s1. The predicted molar refractivity (Wildman–Crippen MR) is 53.9 cm³/mol. The lowest BCUT2D eigenvalue weighted by molar-refractivity contribution is 0.317. The molecule has 1 aliphatic rings. The third-order valence-corrected chi connectivity index (χ3v) is 2.84. The molecule has 0 N–H and O–H groups in total. The first-order valence-corrected chi connectivity index (χ1v) is 4.96. The summed E-state index contributed by atoms with van der Waals surface area (Å²) in [4.78, 5) is 6.46. The maximum Gasteiger partial charge on any atom is 0.0592 e. The minimum atomic E-state index is 0.520. The number of likely N-dealkylation sites (tertiary alicyclic amines) is 1. The van der Waals surface area contributed by atoms with Crippen molar-refractivity contribution in [1.29, 1.82) is 0 Å². The van der Waals surface area contributed by atoms with Gasteiger partial charge in [-0.2, -0.15) is 0 Å². The van der Waals surface area contributed by atoms with Crippen LogP contribution in [0.1, 0.15) is 24.4 Å². The van der Waals surface area contributed by atoms with Crippen LogP contribution in [0.5, 0.6) is 0 Å². The molecule has 1 aliphatic heterocycles. The van der Waals surface area contributed by atoms with Crippen LogP contribution in [0.2, 0.25) is 5.02 Å². The molecule has 0 radical (unpaired) electrons. The van der Waals surface area contributed by atoms with Crippen LogP contribution in [0, 0.1) is 0 Å². The van der Waals surface area contributed by atoms with Crippen molar-refractivity contribution in [3.8, 4) is 0 Å². The van der Waals surface area contributed by atoms with E-state index < -0.39 is 0 Å². The zero-order valence-corrected chi connectivity index (χ0v) is 8.46. The van der Waals surface area contributed by atoms with Crippen molar-refractivity contribution in [1.82, 2.24) is 9.88 Å². The minimum absolute atomic E-state index is 0.520. The molecule has 13 heavy (non-hydrogen) atoms. The molecule has 2 rings (SSSR count). The van der Waals surface area contributed by atoms with Gasteiger partial charge in [-0.3, -0.25) is 9.88 Å². The van der Waals surface area contributed by atoms with E-state index in [1.807, 2.05) is 12.3 Å². The first-order chi connectivity index (χ1) is 6.27. The molecule has 1 aromatic heterocycles. The Labute approximate surface area is 83.5 Å². The van der Waals surface area contributed by atoms with Gasteiger partial charge in [0.2, 0.25) is 0 Å². The second-order valence-electron chi connectivity index (χ2n) is 3.58. The summed E-state index contributed by atoms with van der Waals surface area (Å²) in [5, 5.41) is 0.734. The van der Waals surface area contributed by atoms with Crippen molar-refractivity contribution in [2.75, 3.05) is 13.6 Å². The summed E-state index contributed by atoms with van der Waals surface area (Å²) in [6.45, 7) is 1.18. The van der Waals surface area contributed by atoms with Crippen molar-refractivity contribution in [2.24, 2.45) is 0 Å². The molecule has 0 spiro atoms. The van der Waals surface area contributed by atoms with Crippen molar-refractivity contribution < 1.29 is 0 Å². The zero-order valence-electron chi connectivity index (χ0n) is 7.70. The maximum atomic E-state index is 5.89. The Bertz CT molecular complexity index is 301. The Morgan fingerprint density at radius 3 is 3.00 bits per heavy atom. The van der Waals surface area contributed by atoms with Gasteiger partial charge < -0.3 is 0 Å². The highest BCUT2D eigenvalue weighted by Gasteiger charge is 2.22. The first kappa shape index (κ1) is 8.97. The van der Waals surface area contributed by atoms with Gasteiger partial charge in [0, 0.05) is 18.4 Å². The van der Waals surface area contributed by atoms with Crippen molar-refractivity contribution in [3.63, 3.8) is 0 Å². The molecule has 70 valence electrons. The molecule has 0 aliphatic carbocycles. The zero-order chi connectivity index (χ0) is 9.26. The normalized spacial score (nSPS) is 23.7. The van der Waals surface area contributed by atoms with Crippen molar-refractivity contribution in [2.45, 2.75) is 18.9 Å². The van der Waals surface area contributed by atoms with Crippen LogP contribution < -0.4 is 0 Å². The summed E-state index contributed by atoms with van der Waals surface area (Å²) >= 11 is 5.89. The fraction of sp³-hybridized carbons (Fsp3) is 0.500. The van der Waals surface area contributed by atoms with Gasteiger partial charge in [0.25, 0.3) is 0 Å². The summed E-state index contributed by atoms with van der Waals surface area (Å²) in [6.07, 6.45) is 6.09. The smallest absolute Gasteiger partial charge is 0.0592 e. The summed E-state index contributed by atoms with van der Waals surface area (Å²) in [6, 6.07) is 2.53. The van der Waals surface area contributed by atoms with E-state index >= 15 is 0 Å². The predicted octanol–water partition coefficient (Wildman–Crippen LogP) is 2.50. The lowest BCUT2D eigenvalue weighted by atomic mass is 10.1. The van der Waals surface area contributed by atoms with E-state index in [1.54, 1.807) is 6.20 Å². The van der Waals surface area contributed by atoms with Crippen LogP contribution in [-0.4, -0.2) is 23.5 Å². The van der Waals surface area contributed by atoms with Gasteiger partial charge in [-0.15, -0.1) is 0 Å². The SMILES string of the molecule is CN1CCC[C@H]1c1cncc(Cl)c1. The molecule has 0 amide bonds. The van der Waals surface area contributed by atoms with Gasteiger partial charge in [-0.1, -0.05) is 11.6 Å². The number of nitrogens with zero attached hydrogens (tertiary/aromatic N) is 2. The number of pyridine rings is 1. The third-order valence-electron chi connectivity index (χ3n) is 2.63. The van der Waals surface area contributed by atoms with Crippen LogP contribution >= 0.6 is 11.6 Å². The number of hydrogen-bond acceptors (Lipinski definition) is 2. The Balaban J connectivity index is 2.24. The molecular weight excluding hydrogens is 184 g/mol. The molecule has 1 saturated heterocycles. The molecule has 0 aromatic carbocycles. The van der Waals surface area contributed by atoms with E-state index in [0.717, 1.165) is 5.02 Å². The van der Waals surface area contributed by atoms with E-state index in [4.69, 9.17) is 11.6 Å². The van der Waals surface area contributed by atoms with Gasteiger partial charge in [0.05, 0.1) is 5.02 Å². The minimum Gasteiger partial charge on any atom is -0.299 e. The summed E-state index contributed by atoms with van der Waals surface area (Å²) in [5.74, 6) is 0. The van der Waals surface area contributed by atoms with Crippen molar-refractivity contribution in [3.05, 3.63) is 29.0 Å². The highest BCUT2D eigenvalue weighted by molar-refractivity contribution is 6.30. The van der Waals surface area contributed by atoms with E-state index in [0.29, 0.717) is 6.04 Å². The lowest BCUT2D eigenvalue weighted by Gasteiger charge is -2.19. The van der Waals surface area contributed by atoms with Crippen LogP contribution in [0.3, 0.4) is 0 Å². The molecule has 0 bridgehead atoms. The highest BCUT2D eigenvalue weighted by atomic mass is 35.5. The van der Waals surface area contributed by atoms with Crippen LogP contribution in [0.15, 0.2) is 18.5 Å². The molecule has 0 unspecified atom stereocenters. The van der Waals surface area contributed by atoms with E-state index in [2.05, 4.69) is 16.9 Å². The number of rotatable bonds is 1. The third kappa shape index (κ3) is 1.84. The molecule has 2 nitrogen and oxygen atoms in total. The van der Waals surface area contributed by atoms with E-state index in [9.17, 15) is 0 Å². The van der Waals surface area contributed by atoms with Crippen LogP contribution in [0.4, 0.5) is 0 Å². The first-order valence-electron chi connectivity index (χ1n) is 4.58. The molecule has 1 aromatic rings. The van der Waals surface area contributed by atoms with Gasteiger partial charge in [-0.05, 0) is 38.1 Å². The molecule has 0 saturated carbocycles. The summed E-state index contributed by atoms with van der Waals surface area (Å²) in [5.41, 5.74) is 1.24. The molecular formula is C10H13ClN2.